The molecule has 2 aliphatic rings. The van der Waals surface area contributed by atoms with Crippen LogP contribution in [0.25, 0.3) is 0 Å². The molecule has 2 atom stereocenters. The minimum absolute atomic E-state index is 0.147. The Morgan fingerprint density at radius 1 is 1.31 bits per heavy atom. The van der Waals surface area contributed by atoms with E-state index in [1.165, 1.54) is 0 Å². The molecule has 2 fully saturated rings. The molecule has 2 aliphatic carbocycles. The Bertz CT molecular complexity index is 257. The molecule has 0 aromatic heterocycles. The van der Waals surface area contributed by atoms with Gasteiger partial charge in [0.1, 0.15) is 11.6 Å². The lowest BCUT2D eigenvalue weighted by molar-refractivity contribution is -0.140. The lowest BCUT2D eigenvalue weighted by Crippen LogP contribution is -2.43. The van der Waals surface area contributed by atoms with Crippen LogP contribution in [0.1, 0.15) is 45.4 Å². The third-order valence-electron chi connectivity index (χ3n) is 3.89. The molecule has 0 aromatic carbocycles. The van der Waals surface area contributed by atoms with Gasteiger partial charge in [-0.3, -0.25) is 9.59 Å². The Morgan fingerprint density at radius 2 is 2.08 bits per heavy atom. The van der Waals surface area contributed by atoms with E-state index in [0.717, 1.165) is 25.7 Å². The van der Waals surface area contributed by atoms with Crippen molar-refractivity contribution in [3.8, 4) is 0 Å². The predicted molar refractivity (Wildman–Crippen MR) is 49.3 cm³/mol. The van der Waals surface area contributed by atoms with Crippen LogP contribution in [0.4, 0.5) is 0 Å². The van der Waals surface area contributed by atoms with Gasteiger partial charge >= 0.3 is 0 Å². The summed E-state index contributed by atoms with van der Waals surface area (Å²) < 4.78 is 0. The zero-order chi connectivity index (χ0) is 9.47. The zero-order valence-corrected chi connectivity index (χ0v) is 8.14. The molecule has 0 amide bonds. The van der Waals surface area contributed by atoms with E-state index < -0.39 is 0 Å². The first kappa shape index (κ1) is 8.92. The normalized spacial score (nSPS) is 40.2. The standard InChI is InChI=1S/C11H16O2/c1-11-6-5-9(12)7-8(11)3-2-4-10(11)13/h8H,2-7H2,1H3/t8-,11+/m0/s1. The fraction of sp³-hybridized carbons (Fsp3) is 0.818. The van der Waals surface area contributed by atoms with Crippen LogP contribution in [-0.4, -0.2) is 11.6 Å². The molecule has 0 unspecified atom stereocenters. The Balaban J connectivity index is 2.22. The monoisotopic (exact) mass is 180 g/mol. The largest absolute Gasteiger partial charge is 0.300 e. The van der Waals surface area contributed by atoms with Crippen LogP contribution in [0.15, 0.2) is 0 Å². The van der Waals surface area contributed by atoms with Crippen LogP contribution in [0, 0.1) is 11.3 Å². The van der Waals surface area contributed by atoms with Crippen molar-refractivity contribution in [2.24, 2.45) is 11.3 Å². The second kappa shape index (κ2) is 2.93. The van der Waals surface area contributed by atoms with E-state index in [1.807, 2.05) is 0 Å². The molecular formula is C11H16O2. The first-order valence-corrected chi connectivity index (χ1v) is 5.18. The summed E-state index contributed by atoms with van der Waals surface area (Å²) in [6.45, 7) is 2.06. The molecule has 0 saturated heterocycles. The fourth-order valence-corrected chi connectivity index (χ4v) is 2.79. The van der Waals surface area contributed by atoms with E-state index in [1.54, 1.807) is 0 Å². The summed E-state index contributed by atoms with van der Waals surface area (Å²) in [4.78, 5) is 23.0. The topological polar surface area (TPSA) is 34.1 Å². The van der Waals surface area contributed by atoms with Gasteiger partial charge in [0.25, 0.3) is 0 Å². The molecule has 0 heterocycles. The van der Waals surface area contributed by atoms with Gasteiger partial charge in [-0.25, -0.2) is 0 Å². The number of carbonyl (C=O) groups excluding carboxylic acids is 2. The summed E-state index contributed by atoms with van der Waals surface area (Å²) in [5, 5.41) is 0. The van der Waals surface area contributed by atoms with Crippen LogP contribution in [0.5, 0.6) is 0 Å². The third-order valence-corrected chi connectivity index (χ3v) is 3.89. The fourth-order valence-electron chi connectivity index (χ4n) is 2.79. The van der Waals surface area contributed by atoms with Crippen molar-refractivity contribution in [1.82, 2.24) is 0 Å². The maximum Gasteiger partial charge on any atom is 0.139 e. The molecule has 0 bridgehead atoms. The maximum atomic E-state index is 11.7. The van der Waals surface area contributed by atoms with Crippen molar-refractivity contribution in [2.45, 2.75) is 45.4 Å². The van der Waals surface area contributed by atoms with Gasteiger partial charge in [0.05, 0.1) is 0 Å². The van der Waals surface area contributed by atoms with Crippen LogP contribution in [0.3, 0.4) is 0 Å². The molecule has 0 radical (unpaired) electrons. The van der Waals surface area contributed by atoms with Gasteiger partial charge in [0.2, 0.25) is 0 Å². The van der Waals surface area contributed by atoms with Crippen LogP contribution >= 0.6 is 0 Å². The number of carbonyl (C=O) groups is 2. The second-order valence-electron chi connectivity index (χ2n) is 4.67. The lowest BCUT2D eigenvalue weighted by Gasteiger charge is -2.42. The summed E-state index contributed by atoms with van der Waals surface area (Å²) in [6, 6.07) is 0. The summed E-state index contributed by atoms with van der Waals surface area (Å²) in [5.41, 5.74) is -0.147. The van der Waals surface area contributed by atoms with Crippen molar-refractivity contribution in [3.63, 3.8) is 0 Å². The summed E-state index contributed by atoms with van der Waals surface area (Å²) in [7, 11) is 0. The molecule has 0 spiro atoms. The number of hydrogen-bond donors (Lipinski definition) is 0. The molecule has 2 saturated carbocycles. The molecule has 2 rings (SSSR count). The van der Waals surface area contributed by atoms with Gasteiger partial charge in [-0.15, -0.1) is 0 Å². The van der Waals surface area contributed by atoms with Crippen molar-refractivity contribution in [2.75, 3.05) is 0 Å². The summed E-state index contributed by atoms with van der Waals surface area (Å²) in [5.74, 6) is 1.11. The van der Waals surface area contributed by atoms with E-state index in [9.17, 15) is 9.59 Å². The van der Waals surface area contributed by atoms with E-state index in [2.05, 4.69) is 6.92 Å². The number of hydrogen-bond acceptors (Lipinski definition) is 2. The Kier molecular flexibility index (Phi) is 2.01. The van der Waals surface area contributed by atoms with Crippen LogP contribution < -0.4 is 0 Å². The minimum atomic E-state index is -0.147. The lowest BCUT2D eigenvalue weighted by atomic mass is 9.60. The Morgan fingerprint density at radius 3 is 2.85 bits per heavy atom. The number of ketones is 2. The van der Waals surface area contributed by atoms with Gasteiger partial charge in [-0.2, -0.15) is 0 Å². The van der Waals surface area contributed by atoms with Gasteiger partial charge in [-0.05, 0) is 25.2 Å². The van der Waals surface area contributed by atoms with Gasteiger partial charge in [0.15, 0.2) is 0 Å². The molecule has 0 aromatic rings. The predicted octanol–water partition coefficient (Wildman–Crippen LogP) is 2.11. The van der Waals surface area contributed by atoms with E-state index in [-0.39, 0.29) is 5.41 Å². The van der Waals surface area contributed by atoms with E-state index in [0.29, 0.717) is 30.3 Å². The highest BCUT2D eigenvalue weighted by Crippen LogP contribution is 2.46. The first-order chi connectivity index (χ1) is 6.13. The maximum absolute atomic E-state index is 11.7. The number of rotatable bonds is 0. The molecule has 2 nitrogen and oxygen atoms in total. The van der Waals surface area contributed by atoms with Crippen molar-refractivity contribution in [3.05, 3.63) is 0 Å². The molecular weight excluding hydrogens is 164 g/mol. The average Bonchev–Trinajstić information content (AvgIpc) is 2.09. The van der Waals surface area contributed by atoms with Crippen molar-refractivity contribution in [1.29, 1.82) is 0 Å². The molecule has 0 aliphatic heterocycles. The van der Waals surface area contributed by atoms with E-state index in [4.69, 9.17) is 0 Å². The minimum Gasteiger partial charge on any atom is -0.300 e. The van der Waals surface area contributed by atoms with Crippen molar-refractivity contribution < 1.29 is 9.59 Å². The Hall–Kier alpha value is -0.660. The van der Waals surface area contributed by atoms with Crippen molar-refractivity contribution >= 4 is 11.6 Å². The highest BCUT2D eigenvalue weighted by Gasteiger charge is 2.46. The first-order valence-electron chi connectivity index (χ1n) is 5.18. The third kappa shape index (κ3) is 1.32. The van der Waals surface area contributed by atoms with Crippen LogP contribution in [0.2, 0.25) is 0 Å². The second-order valence-corrected chi connectivity index (χ2v) is 4.67. The molecule has 72 valence electrons. The van der Waals surface area contributed by atoms with Gasteiger partial charge < -0.3 is 0 Å². The smallest absolute Gasteiger partial charge is 0.139 e. The van der Waals surface area contributed by atoms with Gasteiger partial charge in [-0.1, -0.05) is 6.92 Å². The summed E-state index contributed by atoms with van der Waals surface area (Å²) >= 11 is 0. The van der Waals surface area contributed by atoms with Gasteiger partial charge in [0, 0.05) is 24.7 Å². The van der Waals surface area contributed by atoms with Crippen LogP contribution in [-0.2, 0) is 9.59 Å². The molecule has 13 heavy (non-hydrogen) atoms. The molecule has 2 heteroatoms. The van der Waals surface area contributed by atoms with E-state index >= 15 is 0 Å². The highest BCUT2D eigenvalue weighted by atomic mass is 16.1. The number of Topliss-reactive ketones (excluding diaryl/α,β-unsaturated/α-hetero) is 2. The quantitative estimate of drug-likeness (QED) is 0.572. The summed E-state index contributed by atoms with van der Waals surface area (Å²) in [6.07, 6.45) is 4.89. The zero-order valence-electron chi connectivity index (χ0n) is 8.14. The highest BCUT2D eigenvalue weighted by molar-refractivity contribution is 5.89. The average molecular weight is 180 g/mol. The Labute approximate surface area is 78.7 Å². The number of fused-ring (bicyclic) bond motifs is 1. The molecule has 0 N–H and O–H groups in total. The SMILES string of the molecule is C[C@@]12CCC(=O)C[C@@H]1CCCC2=O.